The van der Waals surface area contributed by atoms with Crippen molar-refractivity contribution in [3.63, 3.8) is 0 Å². The Hall–Kier alpha value is -6.12. The van der Waals surface area contributed by atoms with Crippen LogP contribution in [0.5, 0.6) is 0 Å². The number of nitrogens with zero attached hydrogens (tertiary/aromatic N) is 1. The molecule has 8 aromatic rings. The monoisotopic (exact) mass is 651 g/mol. The van der Waals surface area contributed by atoms with Crippen LogP contribution in [0.2, 0.25) is 0 Å². The van der Waals surface area contributed by atoms with E-state index in [0.29, 0.717) is 11.8 Å². The molecule has 2 aromatic heterocycles. The lowest BCUT2D eigenvalue weighted by atomic mass is 9.72. The van der Waals surface area contributed by atoms with Gasteiger partial charge in [0.25, 0.3) is 0 Å². The molecule has 51 heavy (non-hydrogen) atoms. The van der Waals surface area contributed by atoms with Gasteiger partial charge in [-0.3, -0.25) is 0 Å². The van der Waals surface area contributed by atoms with Crippen molar-refractivity contribution in [1.29, 1.82) is 0 Å². The summed E-state index contributed by atoms with van der Waals surface area (Å²) >= 11 is 0. The smallest absolute Gasteiger partial charge is 0.140 e. The van der Waals surface area contributed by atoms with Crippen LogP contribution in [0.15, 0.2) is 156 Å². The van der Waals surface area contributed by atoms with Gasteiger partial charge in [-0.2, -0.15) is 0 Å². The molecule has 2 nitrogen and oxygen atoms in total. The van der Waals surface area contributed by atoms with Crippen molar-refractivity contribution in [2.75, 3.05) is 0 Å². The molecule has 0 spiro atoms. The second-order valence-electron chi connectivity index (χ2n) is 15.2. The van der Waals surface area contributed by atoms with Crippen LogP contribution in [-0.4, -0.2) is 4.57 Å². The van der Waals surface area contributed by atoms with Crippen molar-refractivity contribution < 1.29 is 4.42 Å². The van der Waals surface area contributed by atoms with Crippen LogP contribution >= 0.6 is 0 Å². The normalized spacial score (nSPS) is 19.2. The lowest BCUT2D eigenvalue weighted by Crippen LogP contribution is -2.18. The second-order valence-corrected chi connectivity index (χ2v) is 15.2. The molecule has 0 amide bonds. The molecule has 2 atom stereocenters. The lowest BCUT2D eigenvalue weighted by Gasteiger charge is -2.31. The Bertz CT molecular complexity index is 2990. The van der Waals surface area contributed by atoms with E-state index in [-0.39, 0.29) is 5.41 Å². The topological polar surface area (TPSA) is 18.1 Å². The Kier molecular flexibility index (Phi) is 5.19. The number of fused-ring (bicyclic) bond motifs is 13. The highest BCUT2D eigenvalue weighted by Gasteiger charge is 2.41. The van der Waals surface area contributed by atoms with E-state index in [1.807, 2.05) is 0 Å². The summed E-state index contributed by atoms with van der Waals surface area (Å²) in [7, 11) is 0. The molecular formula is C49H33NO. The predicted molar refractivity (Wildman–Crippen MR) is 212 cm³/mol. The molecule has 12 rings (SSSR count). The highest BCUT2D eigenvalue weighted by atomic mass is 16.3. The highest BCUT2D eigenvalue weighted by Crippen LogP contribution is 2.56. The molecular weight excluding hydrogens is 619 g/mol. The van der Waals surface area contributed by atoms with Gasteiger partial charge < -0.3 is 8.98 Å². The number of hydrogen-bond acceptors (Lipinski definition) is 1. The van der Waals surface area contributed by atoms with Crippen LogP contribution in [0, 0.1) is 11.8 Å². The first-order valence-corrected chi connectivity index (χ1v) is 18.1. The van der Waals surface area contributed by atoms with Crippen LogP contribution < -0.4 is 0 Å². The standard InChI is InChI=1S/C49H33NO/c1-49(2)42-27-44-41(26-40(42)38-24-25-39-34-13-6-8-17-45(34)51-48(39)47(38)49)33-12-5-7-16-43(33)50(44)29-20-18-28(19-21-29)30-22-23-37-32-11-4-3-10-31(32)36-15-9-14-35(30)46(36)37/h3-27,35,46H,1-2H3. The average Bonchev–Trinajstić information content (AvgIpc) is 3.88. The fraction of sp³-hybridized carbons (Fsp3) is 0.102. The van der Waals surface area contributed by atoms with Crippen LogP contribution in [-0.2, 0) is 5.41 Å². The maximum atomic E-state index is 6.61. The molecule has 0 fully saturated rings. The molecule has 0 aliphatic heterocycles. The molecule has 0 N–H and O–H groups in total. The minimum Gasteiger partial charge on any atom is -0.456 e. The van der Waals surface area contributed by atoms with Gasteiger partial charge in [0.05, 0.1) is 11.0 Å². The Labute approximate surface area is 296 Å². The molecule has 6 aromatic carbocycles. The number of para-hydroxylation sites is 2. The summed E-state index contributed by atoms with van der Waals surface area (Å²) in [6.45, 7) is 4.72. The van der Waals surface area contributed by atoms with Crippen LogP contribution in [0.3, 0.4) is 0 Å². The maximum absolute atomic E-state index is 6.61. The van der Waals surface area contributed by atoms with Crippen molar-refractivity contribution in [3.05, 3.63) is 180 Å². The average molecular weight is 652 g/mol. The van der Waals surface area contributed by atoms with Crippen molar-refractivity contribution in [3.8, 4) is 16.8 Å². The summed E-state index contributed by atoms with van der Waals surface area (Å²) in [6.07, 6.45) is 11.7. The van der Waals surface area contributed by atoms with Crippen molar-refractivity contribution >= 4 is 60.5 Å². The molecule has 0 saturated carbocycles. The van der Waals surface area contributed by atoms with Gasteiger partial charge in [-0.05, 0) is 92.6 Å². The van der Waals surface area contributed by atoms with Crippen LogP contribution in [0.25, 0.3) is 77.3 Å². The predicted octanol–water partition coefficient (Wildman–Crippen LogP) is 12.7. The highest BCUT2D eigenvalue weighted by molar-refractivity contribution is 6.14. The summed E-state index contributed by atoms with van der Waals surface area (Å²) in [5.41, 5.74) is 19.0. The summed E-state index contributed by atoms with van der Waals surface area (Å²) in [4.78, 5) is 0. The molecule has 240 valence electrons. The molecule has 0 saturated heterocycles. The maximum Gasteiger partial charge on any atom is 0.140 e. The largest absolute Gasteiger partial charge is 0.456 e. The fourth-order valence-corrected chi connectivity index (χ4v) is 10.1. The van der Waals surface area contributed by atoms with E-state index in [9.17, 15) is 0 Å². The molecule has 2 heteroatoms. The summed E-state index contributed by atoms with van der Waals surface area (Å²) < 4.78 is 9.07. The van der Waals surface area contributed by atoms with E-state index in [2.05, 4.69) is 170 Å². The number of rotatable bonds is 2. The molecule has 0 radical (unpaired) electrons. The zero-order valence-electron chi connectivity index (χ0n) is 28.4. The van der Waals surface area contributed by atoms with Crippen molar-refractivity contribution in [1.82, 2.24) is 4.57 Å². The number of allylic oxidation sites excluding steroid dienone is 8. The zero-order chi connectivity index (χ0) is 33.6. The van der Waals surface area contributed by atoms with E-state index < -0.39 is 0 Å². The third-order valence-corrected chi connectivity index (χ3v) is 12.4. The Morgan fingerprint density at radius 3 is 2.14 bits per heavy atom. The lowest BCUT2D eigenvalue weighted by molar-refractivity contribution is 0.620. The fourth-order valence-electron chi connectivity index (χ4n) is 10.1. The van der Waals surface area contributed by atoms with Gasteiger partial charge in [0.2, 0.25) is 0 Å². The SMILES string of the molecule is CC1(C)c2cc3c(cc2-c2ccc4c(oc5ccccc54)c21)c1ccccc1n3-c1ccc(C2=CC=C3c4ccccc4C4=CC=CC2C43)cc1. The number of hydrogen-bond donors (Lipinski definition) is 0. The Balaban J connectivity index is 1.01. The number of furan rings is 1. The minimum atomic E-state index is -0.224. The van der Waals surface area contributed by atoms with Gasteiger partial charge in [0, 0.05) is 50.0 Å². The van der Waals surface area contributed by atoms with Crippen molar-refractivity contribution in [2.24, 2.45) is 11.8 Å². The molecule has 4 aliphatic carbocycles. The molecule has 2 unspecified atom stereocenters. The minimum absolute atomic E-state index is 0.224. The van der Waals surface area contributed by atoms with Crippen molar-refractivity contribution in [2.45, 2.75) is 19.3 Å². The van der Waals surface area contributed by atoms with E-state index in [4.69, 9.17) is 4.42 Å². The van der Waals surface area contributed by atoms with Gasteiger partial charge in [0.15, 0.2) is 0 Å². The number of aromatic nitrogens is 1. The number of benzene rings is 6. The Morgan fingerprint density at radius 1 is 0.569 bits per heavy atom. The van der Waals surface area contributed by atoms with E-state index >= 15 is 0 Å². The van der Waals surface area contributed by atoms with Gasteiger partial charge in [-0.15, -0.1) is 0 Å². The summed E-state index contributed by atoms with van der Waals surface area (Å²) in [5, 5.41) is 4.92. The molecule has 2 heterocycles. The van der Waals surface area contributed by atoms with Gasteiger partial charge in [-0.1, -0.05) is 123 Å². The van der Waals surface area contributed by atoms with Gasteiger partial charge in [0.1, 0.15) is 11.2 Å². The van der Waals surface area contributed by atoms with E-state index in [1.165, 1.54) is 93.9 Å². The van der Waals surface area contributed by atoms with Gasteiger partial charge in [-0.25, -0.2) is 0 Å². The summed E-state index contributed by atoms with van der Waals surface area (Å²) in [5.74, 6) is 0.723. The van der Waals surface area contributed by atoms with E-state index in [0.717, 1.165) is 11.2 Å². The zero-order valence-corrected chi connectivity index (χ0v) is 28.4. The first kappa shape index (κ1) is 27.7. The van der Waals surface area contributed by atoms with Crippen LogP contribution in [0.4, 0.5) is 0 Å². The summed E-state index contributed by atoms with van der Waals surface area (Å²) in [6, 6.07) is 44.9. The quantitative estimate of drug-likeness (QED) is 0.182. The molecule has 4 aliphatic rings. The van der Waals surface area contributed by atoms with Crippen LogP contribution in [0.1, 0.15) is 41.7 Å². The van der Waals surface area contributed by atoms with E-state index in [1.54, 1.807) is 0 Å². The first-order chi connectivity index (χ1) is 25.1. The Morgan fingerprint density at radius 2 is 1.29 bits per heavy atom. The first-order valence-electron chi connectivity index (χ1n) is 18.1. The third-order valence-electron chi connectivity index (χ3n) is 12.4. The molecule has 0 bridgehead atoms. The van der Waals surface area contributed by atoms with Gasteiger partial charge >= 0.3 is 0 Å². The third kappa shape index (κ3) is 3.47. The second kappa shape index (κ2) is 9.56.